The van der Waals surface area contributed by atoms with E-state index in [0.717, 1.165) is 24.8 Å². The number of ether oxygens (including phenoxy) is 1. The van der Waals surface area contributed by atoms with E-state index in [4.69, 9.17) is 9.57 Å². The van der Waals surface area contributed by atoms with Gasteiger partial charge in [-0.3, -0.25) is 9.78 Å². The number of aromatic nitrogens is 3. The number of nitrogens with zero attached hydrogens (tertiary/aromatic N) is 4. The summed E-state index contributed by atoms with van der Waals surface area (Å²) in [6.45, 7) is 2.62. The van der Waals surface area contributed by atoms with Crippen LogP contribution in [0.3, 0.4) is 0 Å². The van der Waals surface area contributed by atoms with Crippen LogP contribution >= 0.6 is 0 Å². The predicted molar refractivity (Wildman–Crippen MR) is 93.9 cm³/mol. The summed E-state index contributed by atoms with van der Waals surface area (Å²) in [6.07, 6.45) is 7.44. The Morgan fingerprint density at radius 1 is 1.26 bits per heavy atom. The Hall–Kier alpha value is -2.94. The zero-order chi connectivity index (χ0) is 18.8. The number of pyridine rings is 1. The van der Waals surface area contributed by atoms with Crippen molar-refractivity contribution in [3.63, 3.8) is 0 Å². The summed E-state index contributed by atoms with van der Waals surface area (Å²) in [5, 5.41) is 6.83. The normalized spacial score (nSPS) is 17.3. The van der Waals surface area contributed by atoms with Crippen molar-refractivity contribution in [3.05, 3.63) is 47.4 Å². The first-order chi connectivity index (χ1) is 13.1. The number of nitrogens with one attached hydrogen (secondary N) is 1. The molecule has 2 aliphatic rings. The lowest BCUT2D eigenvalue weighted by Crippen LogP contribution is -2.35. The van der Waals surface area contributed by atoms with E-state index in [2.05, 4.69) is 25.4 Å². The molecule has 0 aromatic carbocycles. The fraction of sp³-hybridized carbons (Fsp3) is 0.389. The number of amides is 1. The number of rotatable bonds is 6. The molecule has 0 spiro atoms. The van der Waals surface area contributed by atoms with Gasteiger partial charge in [-0.2, -0.15) is 0 Å². The molecule has 27 heavy (non-hydrogen) atoms. The van der Waals surface area contributed by atoms with Crippen LogP contribution in [0.2, 0.25) is 0 Å². The lowest BCUT2D eigenvalue weighted by Gasteiger charge is -2.23. The fourth-order valence-electron chi connectivity index (χ4n) is 2.53. The molecule has 1 N–H and O–H groups in total. The van der Waals surface area contributed by atoms with Gasteiger partial charge in [-0.15, -0.1) is 0 Å². The minimum Gasteiger partial charge on any atom is -0.387 e. The van der Waals surface area contributed by atoms with E-state index in [1.165, 1.54) is 19.3 Å². The molecule has 2 aromatic rings. The van der Waals surface area contributed by atoms with Crippen molar-refractivity contribution in [2.75, 3.05) is 18.5 Å². The summed E-state index contributed by atoms with van der Waals surface area (Å²) in [6, 6.07) is 0. The molecule has 2 aromatic heterocycles. The Kier molecular flexibility index (Phi) is 4.76. The van der Waals surface area contributed by atoms with Gasteiger partial charge in [-0.25, -0.2) is 14.4 Å². The second kappa shape index (κ2) is 7.36. The number of anilines is 1. The lowest BCUT2D eigenvalue weighted by atomic mass is 10.1. The first kappa shape index (κ1) is 17.5. The van der Waals surface area contributed by atoms with Crippen molar-refractivity contribution in [1.82, 2.24) is 15.0 Å². The molecule has 1 aliphatic carbocycles. The van der Waals surface area contributed by atoms with Gasteiger partial charge in [0.1, 0.15) is 17.2 Å². The summed E-state index contributed by atoms with van der Waals surface area (Å²) < 4.78 is 18.6. The van der Waals surface area contributed by atoms with E-state index >= 15 is 0 Å². The van der Waals surface area contributed by atoms with Crippen molar-refractivity contribution < 1.29 is 18.8 Å². The van der Waals surface area contributed by atoms with E-state index in [0.29, 0.717) is 24.8 Å². The standard InChI is InChI=1S/C18H18FN5O3/c1-10-13(4-20-5-14(10)19)18(25)23-16-7-21-15(6-22-16)17(11-2-3-11)24-27-12-8-26-9-12/h4-7,11-12H,2-3,8-9H2,1H3,(H,22,23,25)/b24-17+. The zero-order valence-corrected chi connectivity index (χ0v) is 14.7. The Labute approximate surface area is 154 Å². The molecule has 9 heteroatoms. The minimum absolute atomic E-state index is 0.00612. The number of hydrogen-bond acceptors (Lipinski definition) is 7. The van der Waals surface area contributed by atoms with Gasteiger partial charge in [0, 0.05) is 17.7 Å². The topological polar surface area (TPSA) is 98.6 Å². The van der Waals surface area contributed by atoms with Gasteiger partial charge in [-0.05, 0) is 19.8 Å². The van der Waals surface area contributed by atoms with Crippen LogP contribution in [0.25, 0.3) is 0 Å². The maximum absolute atomic E-state index is 13.6. The predicted octanol–water partition coefficient (Wildman–Crippen LogP) is 2.10. The molecular formula is C18H18FN5O3. The average Bonchev–Trinajstić information content (AvgIpc) is 3.45. The summed E-state index contributed by atoms with van der Waals surface area (Å²) >= 11 is 0. The molecule has 4 rings (SSSR count). The van der Waals surface area contributed by atoms with Gasteiger partial charge < -0.3 is 14.9 Å². The number of carbonyl (C=O) groups is 1. The van der Waals surface area contributed by atoms with Gasteiger partial charge in [0.05, 0.1) is 37.4 Å². The quantitative estimate of drug-likeness (QED) is 0.617. The molecule has 1 saturated carbocycles. The van der Waals surface area contributed by atoms with E-state index < -0.39 is 11.7 Å². The van der Waals surface area contributed by atoms with Crippen LogP contribution in [-0.4, -0.2) is 45.9 Å². The van der Waals surface area contributed by atoms with Crippen LogP contribution in [0.1, 0.15) is 34.5 Å². The first-order valence-corrected chi connectivity index (χ1v) is 8.67. The SMILES string of the molecule is Cc1c(F)cncc1C(=O)Nc1cnc(/C(=N/OC2COC2)C2CC2)cn1. The van der Waals surface area contributed by atoms with Crippen molar-refractivity contribution >= 4 is 17.4 Å². The third-order valence-electron chi connectivity index (χ3n) is 4.43. The van der Waals surface area contributed by atoms with E-state index in [1.807, 2.05) is 0 Å². The Balaban J connectivity index is 1.46. The third-order valence-corrected chi connectivity index (χ3v) is 4.43. The maximum Gasteiger partial charge on any atom is 0.258 e. The van der Waals surface area contributed by atoms with Gasteiger partial charge in [0.15, 0.2) is 11.9 Å². The van der Waals surface area contributed by atoms with Gasteiger partial charge in [0.25, 0.3) is 5.91 Å². The largest absolute Gasteiger partial charge is 0.387 e. The van der Waals surface area contributed by atoms with Crippen molar-refractivity contribution in [3.8, 4) is 0 Å². The van der Waals surface area contributed by atoms with E-state index in [9.17, 15) is 9.18 Å². The molecular weight excluding hydrogens is 353 g/mol. The third kappa shape index (κ3) is 3.92. The first-order valence-electron chi connectivity index (χ1n) is 8.67. The highest BCUT2D eigenvalue weighted by atomic mass is 19.1. The van der Waals surface area contributed by atoms with Crippen LogP contribution in [0, 0.1) is 18.7 Å². The Morgan fingerprint density at radius 2 is 2.07 bits per heavy atom. The molecule has 140 valence electrons. The summed E-state index contributed by atoms with van der Waals surface area (Å²) in [5.74, 6) is -0.449. The Bertz CT molecular complexity index is 879. The van der Waals surface area contributed by atoms with Crippen molar-refractivity contribution in [2.24, 2.45) is 11.1 Å². The second-order valence-electron chi connectivity index (χ2n) is 6.55. The van der Waals surface area contributed by atoms with Gasteiger partial charge in [-0.1, -0.05) is 5.16 Å². The number of halogens is 1. The monoisotopic (exact) mass is 371 g/mol. The van der Waals surface area contributed by atoms with Gasteiger partial charge >= 0.3 is 0 Å². The molecule has 3 heterocycles. The molecule has 1 aliphatic heterocycles. The highest BCUT2D eigenvalue weighted by Gasteiger charge is 2.31. The zero-order valence-electron chi connectivity index (χ0n) is 14.7. The van der Waals surface area contributed by atoms with Crippen LogP contribution < -0.4 is 5.32 Å². The highest BCUT2D eigenvalue weighted by Crippen LogP contribution is 2.33. The lowest BCUT2D eigenvalue weighted by molar-refractivity contribution is -0.129. The van der Waals surface area contributed by atoms with E-state index in [1.54, 1.807) is 6.20 Å². The fourth-order valence-corrected chi connectivity index (χ4v) is 2.53. The minimum atomic E-state index is -0.536. The number of hydrogen-bond donors (Lipinski definition) is 1. The molecule has 0 unspecified atom stereocenters. The molecule has 1 amide bonds. The molecule has 8 nitrogen and oxygen atoms in total. The molecule has 0 atom stereocenters. The van der Waals surface area contributed by atoms with Crippen LogP contribution in [0.5, 0.6) is 0 Å². The number of carbonyl (C=O) groups excluding carboxylic acids is 1. The summed E-state index contributed by atoms with van der Waals surface area (Å²) in [4.78, 5) is 30.0. The molecule has 1 saturated heterocycles. The second-order valence-corrected chi connectivity index (χ2v) is 6.55. The highest BCUT2D eigenvalue weighted by molar-refractivity contribution is 6.05. The molecule has 0 bridgehead atoms. The maximum atomic E-state index is 13.6. The summed E-state index contributed by atoms with van der Waals surface area (Å²) in [5.41, 5.74) is 1.75. The van der Waals surface area contributed by atoms with Crippen LogP contribution in [0.15, 0.2) is 29.9 Å². The molecule has 0 radical (unpaired) electrons. The number of oxime groups is 1. The van der Waals surface area contributed by atoms with Crippen molar-refractivity contribution in [1.29, 1.82) is 0 Å². The summed E-state index contributed by atoms with van der Waals surface area (Å²) in [7, 11) is 0. The Morgan fingerprint density at radius 3 is 2.70 bits per heavy atom. The van der Waals surface area contributed by atoms with Crippen molar-refractivity contribution in [2.45, 2.75) is 25.9 Å². The van der Waals surface area contributed by atoms with Crippen LogP contribution in [-0.2, 0) is 9.57 Å². The average molecular weight is 371 g/mol. The van der Waals surface area contributed by atoms with E-state index in [-0.39, 0.29) is 23.0 Å². The molecule has 2 fully saturated rings. The smallest absolute Gasteiger partial charge is 0.258 e. The van der Waals surface area contributed by atoms with Gasteiger partial charge in [0.2, 0.25) is 0 Å². The van der Waals surface area contributed by atoms with Crippen LogP contribution in [0.4, 0.5) is 10.2 Å².